The van der Waals surface area contributed by atoms with Gasteiger partial charge in [0.25, 0.3) is 0 Å². The van der Waals surface area contributed by atoms with E-state index in [2.05, 4.69) is 53.7 Å². The van der Waals surface area contributed by atoms with Crippen LogP contribution in [0.1, 0.15) is 154 Å². The van der Waals surface area contributed by atoms with Crippen LogP contribution in [0.2, 0.25) is 0 Å². The number of phenols is 1. The van der Waals surface area contributed by atoms with Crippen molar-refractivity contribution < 1.29 is 45.4 Å². The average Bonchev–Trinajstić information content (AvgIpc) is 0.975. The predicted octanol–water partition coefficient (Wildman–Crippen LogP) is 18.4. The standard InChI is InChI=1S/C67H70N3O.Pt/c1-41(2)48-37-55(42(3)4)63(71)58(38-48)64-69-62-54(49-34-50(36-53(35-49)67(12,13)14)59-39-47(31-32-68-59)44-23-27-51(28-24-44)65(6,7)8)21-18-22-60(62)70(64)61-40-56(45-19-16-15-17-20-45)43(5)33-57(61)46-25-29-52(30-26-46)66(9,10)11;/h15-33,35-42,71H,1-14H3;/q-1;/i5D3,6D3,7D3,8D3,41D,42D;. The van der Waals surface area contributed by atoms with Crippen LogP contribution < -0.4 is 0 Å². The van der Waals surface area contributed by atoms with Crippen LogP contribution in [0.25, 0.3) is 83.9 Å². The number of nitrogens with zero attached hydrogens (tertiary/aromatic N) is 3. The molecule has 9 rings (SSSR count). The molecule has 0 saturated carbocycles. The van der Waals surface area contributed by atoms with Crippen molar-refractivity contribution in [2.24, 2.45) is 0 Å². The molecule has 0 aliphatic rings. The van der Waals surface area contributed by atoms with Gasteiger partial charge in [0.05, 0.1) is 22.3 Å². The van der Waals surface area contributed by atoms with E-state index in [1.165, 1.54) is 24.3 Å². The second-order valence-corrected chi connectivity index (χ2v) is 21.2. The molecule has 370 valence electrons. The van der Waals surface area contributed by atoms with E-state index < -0.39 is 50.0 Å². The summed E-state index contributed by atoms with van der Waals surface area (Å²) in [5, 5.41) is 12.7. The molecule has 0 unspecified atom stereocenters. The van der Waals surface area contributed by atoms with Crippen LogP contribution in [0.5, 0.6) is 5.75 Å². The van der Waals surface area contributed by atoms with Gasteiger partial charge in [-0.3, -0.25) is 9.55 Å². The number of para-hydroxylation sites is 1. The summed E-state index contributed by atoms with van der Waals surface area (Å²) in [4.78, 5) is 10.4. The van der Waals surface area contributed by atoms with E-state index in [0.717, 1.165) is 16.7 Å². The molecule has 2 heterocycles. The number of hydrogen-bond acceptors (Lipinski definition) is 3. The van der Waals surface area contributed by atoms with Gasteiger partial charge in [0, 0.05) is 57.7 Å². The second-order valence-electron chi connectivity index (χ2n) is 21.2. The molecule has 5 heteroatoms. The summed E-state index contributed by atoms with van der Waals surface area (Å²) < 4.78 is 122. The minimum Gasteiger partial charge on any atom is -0.507 e. The molecule has 0 spiro atoms. The van der Waals surface area contributed by atoms with Crippen LogP contribution in [0, 0.1) is 12.9 Å². The summed E-state index contributed by atoms with van der Waals surface area (Å²) in [6.45, 7) is 6.70. The fourth-order valence-electron chi connectivity index (χ4n) is 9.18. The van der Waals surface area contributed by atoms with Crippen molar-refractivity contribution in [2.45, 2.75) is 125 Å². The number of hydrogen-bond donors (Lipinski definition) is 1. The minimum absolute atomic E-state index is 0. The topological polar surface area (TPSA) is 50.9 Å². The number of aryl methyl sites for hydroxylation is 1. The Hall–Kier alpha value is -6.35. The maximum absolute atomic E-state index is 12.7. The molecular formula is C67H70N3OPt-. The van der Waals surface area contributed by atoms with Gasteiger partial charge in [-0.2, -0.15) is 0 Å². The van der Waals surface area contributed by atoms with E-state index >= 15 is 0 Å². The molecule has 72 heavy (non-hydrogen) atoms. The normalized spacial score (nSPS) is 16.1. The third-order valence-electron chi connectivity index (χ3n) is 13.4. The molecule has 4 nitrogen and oxygen atoms in total. The van der Waals surface area contributed by atoms with Crippen LogP contribution >= 0.6 is 0 Å². The van der Waals surface area contributed by atoms with Crippen molar-refractivity contribution in [3.05, 3.63) is 191 Å². The molecule has 0 aliphatic heterocycles. The fraction of sp³-hybridized carbons (Fsp3) is 0.284. The third-order valence-corrected chi connectivity index (χ3v) is 13.4. The van der Waals surface area contributed by atoms with Gasteiger partial charge in [-0.1, -0.05) is 204 Å². The van der Waals surface area contributed by atoms with E-state index in [1.54, 1.807) is 58.2 Å². The van der Waals surface area contributed by atoms with Gasteiger partial charge < -0.3 is 5.11 Å². The minimum atomic E-state index is -3.42. The smallest absolute Gasteiger partial charge is 0.148 e. The number of fused-ring (bicyclic) bond motifs is 1. The number of rotatable bonds is 9. The van der Waals surface area contributed by atoms with Gasteiger partial charge in [-0.25, -0.2) is 4.98 Å². The molecule has 9 aromatic rings. The average molecular weight is 1140 g/mol. The predicted molar refractivity (Wildman–Crippen MR) is 301 cm³/mol. The van der Waals surface area contributed by atoms with Crippen molar-refractivity contribution in [1.29, 1.82) is 0 Å². The largest absolute Gasteiger partial charge is 0.507 e. The molecule has 2 aromatic heterocycles. The van der Waals surface area contributed by atoms with E-state index in [4.69, 9.17) is 26.4 Å². The number of benzene rings is 7. The van der Waals surface area contributed by atoms with Crippen LogP contribution in [0.4, 0.5) is 0 Å². The molecule has 0 atom stereocenters. The number of pyridine rings is 1. The number of phenolic OH excluding ortho intramolecular Hbond substituents is 1. The molecular weight excluding hydrogens is 1060 g/mol. The Morgan fingerprint density at radius 3 is 1.83 bits per heavy atom. The Balaban J connectivity index is 0.00000961. The van der Waals surface area contributed by atoms with Crippen molar-refractivity contribution in [2.75, 3.05) is 0 Å². The van der Waals surface area contributed by atoms with Crippen LogP contribution in [-0.4, -0.2) is 19.6 Å². The summed E-state index contributed by atoms with van der Waals surface area (Å²) in [5.41, 5.74) is 6.68. The summed E-state index contributed by atoms with van der Waals surface area (Å²) >= 11 is 0. The summed E-state index contributed by atoms with van der Waals surface area (Å²) in [7, 11) is 0. The molecule has 0 aliphatic carbocycles. The second kappa shape index (κ2) is 19.9. The first-order valence-electron chi connectivity index (χ1n) is 31.0. The van der Waals surface area contributed by atoms with Gasteiger partial charge in [0.15, 0.2) is 0 Å². The van der Waals surface area contributed by atoms with Crippen molar-refractivity contribution >= 4 is 11.0 Å². The van der Waals surface area contributed by atoms with E-state index in [1.807, 2.05) is 95.6 Å². The molecule has 0 fully saturated rings. The SMILES string of the molecule is [2H]C([2H])([2H])c1cc(-c2ccc(C(C)(C)C)cc2)c(-n2c(-c3cc(C([2H])(C)C)cc(C([2H])(C)C)c3O)nc3c(-c4[c-]c(-c5cc(-c6ccc(C(C([2H])([2H])[2H])(C([2H])([2H])[2H])C([2H])([2H])[2H])cc6)ccn5)cc(C(C)(C)C)c4)cccc32)cc1-c1ccccc1.[Pt]. The Bertz CT molecular complexity index is 3950. The van der Waals surface area contributed by atoms with Crippen LogP contribution in [0.3, 0.4) is 0 Å². The fourth-order valence-corrected chi connectivity index (χ4v) is 9.18. The monoisotopic (exact) mass is 1140 g/mol. The molecule has 0 saturated heterocycles. The molecule has 1 N–H and O–H groups in total. The molecule has 0 radical (unpaired) electrons. The first-order valence-corrected chi connectivity index (χ1v) is 24.0. The Kier molecular flexibility index (Phi) is 10.1. The van der Waals surface area contributed by atoms with Crippen molar-refractivity contribution in [3.63, 3.8) is 0 Å². The summed E-state index contributed by atoms with van der Waals surface area (Å²) in [5.74, 6) is -2.45. The van der Waals surface area contributed by atoms with Crippen molar-refractivity contribution in [3.8, 4) is 78.6 Å². The Morgan fingerprint density at radius 2 is 1.21 bits per heavy atom. The first kappa shape index (κ1) is 36.5. The van der Waals surface area contributed by atoms with Gasteiger partial charge in [-0.15, -0.1) is 29.3 Å². The van der Waals surface area contributed by atoms with Gasteiger partial charge in [-0.05, 0) is 121 Å². The maximum atomic E-state index is 12.7. The summed E-state index contributed by atoms with van der Waals surface area (Å²) in [6, 6.07) is 47.1. The zero-order valence-electron chi connectivity index (χ0n) is 56.5. The van der Waals surface area contributed by atoms with Gasteiger partial charge in [0.1, 0.15) is 11.6 Å². The van der Waals surface area contributed by atoms with E-state index in [-0.39, 0.29) is 60.3 Å². The number of aromatic hydroxyl groups is 1. The van der Waals surface area contributed by atoms with E-state index in [9.17, 15) is 7.85 Å². The third kappa shape index (κ3) is 10.3. The first-order chi connectivity index (χ1) is 39.1. The quantitative estimate of drug-likeness (QED) is 0.147. The Labute approximate surface area is 463 Å². The van der Waals surface area contributed by atoms with Gasteiger partial charge in [0.2, 0.25) is 0 Å². The zero-order chi connectivity index (χ0) is 62.6. The molecule has 0 bridgehead atoms. The maximum Gasteiger partial charge on any atom is 0.148 e. The number of aromatic nitrogens is 3. The molecule has 0 amide bonds. The number of imidazole rings is 1. The summed E-state index contributed by atoms with van der Waals surface area (Å²) in [6.07, 6.45) is 1.61. The van der Waals surface area contributed by atoms with Gasteiger partial charge >= 0.3 is 0 Å². The van der Waals surface area contributed by atoms with E-state index in [0.29, 0.717) is 72.5 Å². The van der Waals surface area contributed by atoms with Crippen LogP contribution in [0.15, 0.2) is 152 Å². The van der Waals surface area contributed by atoms with Crippen molar-refractivity contribution in [1.82, 2.24) is 14.5 Å². The Morgan fingerprint density at radius 1 is 0.569 bits per heavy atom. The molecule has 7 aromatic carbocycles. The zero-order valence-corrected chi connectivity index (χ0v) is 44.8. The van der Waals surface area contributed by atoms with Crippen LogP contribution in [-0.2, 0) is 37.3 Å².